The van der Waals surface area contributed by atoms with E-state index in [2.05, 4.69) is 20.9 Å². The first-order valence-corrected chi connectivity index (χ1v) is 12.4. The smallest absolute Gasteiger partial charge is 0.255 e. The number of nitrogens with one attached hydrogen (secondary N) is 1. The van der Waals surface area contributed by atoms with Gasteiger partial charge >= 0.3 is 0 Å². The number of carbonyl (C=O) groups excluding carboxylic acids is 1. The van der Waals surface area contributed by atoms with E-state index in [9.17, 15) is 9.59 Å². The molecule has 0 fully saturated rings. The van der Waals surface area contributed by atoms with Gasteiger partial charge in [-0.3, -0.25) is 14.6 Å². The minimum absolute atomic E-state index is 0.216. The minimum atomic E-state index is -0.277. The zero-order valence-corrected chi connectivity index (χ0v) is 21.4. The van der Waals surface area contributed by atoms with Crippen molar-refractivity contribution in [1.82, 2.24) is 9.97 Å². The number of aryl methyl sites for hydroxylation is 1. The molecule has 178 valence electrons. The highest BCUT2D eigenvalue weighted by Gasteiger charge is 2.19. The molecule has 2 heterocycles. The molecular formula is C30H23BrN2O3. The average Bonchev–Trinajstić information content (AvgIpc) is 2.87. The first kappa shape index (κ1) is 23.7. The summed E-state index contributed by atoms with van der Waals surface area (Å²) in [5.74, 6) is 0.477. The normalized spacial score (nSPS) is 11.4. The molecule has 5 nitrogen and oxygen atoms in total. The van der Waals surface area contributed by atoms with Crippen LogP contribution >= 0.6 is 15.9 Å². The lowest BCUT2D eigenvalue weighted by Crippen LogP contribution is -2.10. The van der Waals surface area contributed by atoms with E-state index in [1.807, 2.05) is 74.5 Å². The molecular weight excluding hydrogens is 516 g/mol. The van der Waals surface area contributed by atoms with E-state index < -0.39 is 0 Å². The molecule has 0 saturated heterocycles. The molecule has 6 heteroatoms. The summed E-state index contributed by atoms with van der Waals surface area (Å²) in [7, 11) is 0. The number of aromatic amines is 1. The summed E-state index contributed by atoms with van der Waals surface area (Å²) >= 11 is 3.55. The van der Waals surface area contributed by atoms with Crippen LogP contribution in [-0.4, -0.2) is 22.4 Å². The van der Waals surface area contributed by atoms with Gasteiger partial charge in [-0.25, -0.2) is 0 Å². The van der Waals surface area contributed by atoms with Crippen molar-refractivity contribution >= 4 is 49.6 Å². The van der Waals surface area contributed by atoms with Gasteiger partial charge in [-0.05, 0) is 73.3 Å². The molecule has 2 aromatic heterocycles. The van der Waals surface area contributed by atoms with Gasteiger partial charge in [0.25, 0.3) is 5.56 Å². The lowest BCUT2D eigenvalue weighted by Gasteiger charge is -2.14. The highest BCUT2D eigenvalue weighted by Crippen LogP contribution is 2.35. The summed E-state index contributed by atoms with van der Waals surface area (Å²) in [6.45, 7) is 4.30. The number of fused-ring (bicyclic) bond motifs is 2. The summed E-state index contributed by atoms with van der Waals surface area (Å²) in [5, 5.41) is 1.73. The molecule has 0 bridgehead atoms. The Labute approximate surface area is 216 Å². The molecule has 36 heavy (non-hydrogen) atoms. The van der Waals surface area contributed by atoms with Crippen LogP contribution < -0.4 is 10.3 Å². The van der Waals surface area contributed by atoms with Crippen LogP contribution in [0.2, 0.25) is 0 Å². The van der Waals surface area contributed by atoms with Crippen molar-refractivity contribution in [3.05, 3.63) is 111 Å². The van der Waals surface area contributed by atoms with E-state index >= 15 is 0 Å². The number of nitrogens with zero attached hydrogens (tertiary/aromatic N) is 1. The molecule has 0 atom stereocenters. The van der Waals surface area contributed by atoms with Gasteiger partial charge in [0, 0.05) is 32.7 Å². The third-order valence-corrected chi connectivity index (χ3v) is 6.50. The Morgan fingerprint density at radius 1 is 1.06 bits per heavy atom. The van der Waals surface area contributed by atoms with Crippen molar-refractivity contribution in [2.75, 3.05) is 6.61 Å². The number of hydrogen-bond acceptors (Lipinski definition) is 4. The van der Waals surface area contributed by atoms with Crippen molar-refractivity contribution in [1.29, 1.82) is 0 Å². The fourth-order valence-electron chi connectivity index (χ4n) is 4.39. The van der Waals surface area contributed by atoms with Crippen LogP contribution in [0.3, 0.4) is 0 Å². The Morgan fingerprint density at radius 2 is 1.86 bits per heavy atom. The summed E-state index contributed by atoms with van der Waals surface area (Å²) in [6, 6.07) is 23.0. The van der Waals surface area contributed by atoms with E-state index in [1.165, 1.54) is 6.08 Å². The summed E-state index contributed by atoms with van der Waals surface area (Å²) in [5.41, 5.74) is 4.52. The molecule has 1 N–H and O–H groups in total. The number of pyridine rings is 2. The number of H-pyrrole nitrogens is 1. The lowest BCUT2D eigenvalue weighted by atomic mass is 9.92. The molecule has 3 aromatic carbocycles. The Balaban J connectivity index is 1.60. The van der Waals surface area contributed by atoms with Crippen LogP contribution in [0, 0.1) is 6.92 Å². The number of benzene rings is 3. The maximum absolute atomic E-state index is 13.6. The topological polar surface area (TPSA) is 72.0 Å². The van der Waals surface area contributed by atoms with Gasteiger partial charge in [-0.15, -0.1) is 0 Å². The molecule has 5 rings (SSSR count). The molecule has 5 aromatic rings. The second kappa shape index (κ2) is 9.91. The van der Waals surface area contributed by atoms with Gasteiger partial charge in [0.15, 0.2) is 5.78 Å². The van der Waals surface area contributed by atoms with Gasteiger partial charge in [-0.2, -0.15) is 0 Å². The fraction of sp³-hybridized carbons (Fsp3) is 0.100. The molecule has 0 aliphatic rings. The van der Waals surface area contributed by atoms with Crippen molar-refractivity contribution in [2.45, 2.75) is 13.8 Å². The predicted molar refractivity (Wildman–Crippen MR) is 149 cm³/mol. The van der Waals surface area contributed by atoms with Crippen LogP contribution in [0.15, 0.2) is 88.1 Å². The van der Waals surface area contributed by atoms with Crippen LogP contribution in [0.4, 0.5) is 0 Å². The first-order chi connectivity index (χ1) is 17.4. The van der Waals surface area contributed by atoms with Crippen LogP contribution in [-0.2, 0) is 0 Å². The SMILES string of the molecule is CCOc1ccc2cc(/C=C/C(=O)c3c(C)nc4ccc(Br)cc4c3-c3ccccc3)c(=O)[nH]c2c1. The van der Waals surface area contributed by atoms with Gasteiger partial charge < -0.3 is 9.72 Å². The zero-order chi connectivity index (χ0) is 25.2. The van der Waals surface area contributed by atoms with Gasteiger partial charge in [0.05, 0.1) is 23.2 Å². The Hall–Kier alpha value is -4.03. The Kier molecular flexibility index (Phi) is 6.53. The highest BCUT2D eigenvalue weighted by atomic mass is 79.9. The van der Waals surface area contributed by atoms with Gasteiger partial charge in [0.1, 0.15) is 5.75 Å². The molecule has 0 aliphatic carbocycles. The number of halogens is 1. The minimum Gasteiger partial charge on any atom is -0.494 e. The van der Waals surface area contributed by atoms with Crippen molar-refractivity contribution < 1.29 is 9.53 Å². The monoisotopic (exact) mass is 538 g/mol. The standard InChI is InChI=1S/C30H23BrN2O3/c1-3-36-23-12-9-20-15-21(30(35)33-26(20)17-23)10-14-27(34)28-18(2)32-25-13-11-22(31)16-24(25)29(28)19-7-5-4-6-8-19/h4-17H,3H2,1-2H3,(H,33,35)/b14-10+. The highest BCUT2D eigenvalue weighted by molar-refractivity contribution is 9.10. The summed E-state index contributed by atoms with van der Waals surface area (Å²) in [6.07, 6.45) is 3.02. The molecule has 0 saturated carbocycles. The second-order valence-corrected chi connectivity index (χ2v) is 9.32. The van der Waals surface area contributed by atoms with Gasteiger partial charge in [0.2, 0.25) is 0 Å². The number of hydrogen-bond donors (Lipinski definition) is 1. The Bertz CT molecular complexity index is 1710. The van der Waals surface area contributed by atoms with E-state index in [0.717, 1.165) is 31.9 Å². The van der Waals surface area contributed by atoms with Crippen LogP contribution in [0.1, 0.15) is 28.5 Å². The Morgan fingerprint density at radius 3 is 2.64 bits per heavy atom. The van der Waals surface area contributed by atoms with Crippen LogP contribution in [0.25, 0.3) is 39.0 Å². The quantitative estimate of drug-likeness (QED) is 0.184. The van der Waals surface area contributed by atoms with E-state index in [-0.39, 0.29) is 11.3 Å². The maximum Gasteiger partial charge on any atom is 0.255 e. The third-order valence-electron chi connectivity index (χ3n) is 6.01. The number of aromatic nitrogens is 2. The number of allylic oxidation sites excluding steroid dienone is 1. The molecule has 0 radical (unpaired) electrons. The summed E-state index contributed by atoms with van der Waals surface area (Å²) in [4.78, 5) is 33.9. The van der Waals surface area contributed by atoms with Crippen molar-refractivity contribution in [3.8, 4) is 16.9 Å². The summed E-state index contributed by atoms with van der Waals surface area (Å²) < 4.78 is 6.42. The predicted octanol–water partition coefficient (Wildman–Crippen LogP) is 7.11. The van der Waals surface area contributed by atoms with Gasteiger partial charge in [-0.1, -0.05) is 46.3 Å². The fourth-order valence-corrected chi connectivity index (χ4v) is 4.75. The number of ether oxygens (including phenoxy) is 1. The largest absolute Gasteiger partial charge is 0.494 e. The van der Waals surface area contributed by atoms with E-state index in [4.69, 9.17) is 9.72 Å². The lowest BCUT2D eigenvalue weighted by molar-refractivity contribution is 0.104. The number of ketones is 1. The molecule has 0 amide bonds. The second-order valence-electron chi connectivity index (χ2n) is 8.41. The maximum atomic E-state index is 13.6. The molecule has 0 unspecified atom stereocenters. The number of carbonyl (C=O) groups is 1. The molecule has 0 aliphatic heterocycles. The number of rotatable bonds is 6. The average molecular weight is 539 g/mol. The molecule has 0 spiro atoms. The third kappa shape index (κ3) is 4.60. The van der Waals surface area contributed by atoms with E-state index in [1.54, 1.807) is 18.2 Å². The van der Waals surface area contributed by atoms with Crippen LogP contribution in [0.5, 0.6) is 5.75 Å². The first-order valence-electron chi connectivity index (χ1n) is 11.6. The van der Waals surface area contributed by atoms with E-state index in [0.29, 0.717) is 34.7 Å². The van der Waals surface area contributed by atoms with Crippen molar-refractivity contribution in [2.24, 2.45) is 0 Å². The zero-order valence-electron chi connectivity index (χ0n) is 19.8. The van der Waals surface area contributed by atoms with Crippen molar-refractivity contribution in [3.63, 3.8) is 0 Å².